The molecule has 0 aromatic heterocycles. The van der Waals surface area contributed by atoms with Gasteiger partial charge >= 0.3 is 5.97 Å². The lowest BCUT2D eigenvalue weighted by Gasteiger charge is -2.22. The Labute approximate surface area is 240 Å². The number of carboxylic acid groups (broad SMARTS) is 1. The number of aliphatic hydroxyl groups excluding tert-OH is 2. The number of carbonyl (C=O) groups is 7. The number of nitrogens with zero attached hydrogens (tertiary/aromatic N) is 1. The number of carboxylic acids is 1. The first-order valence-corrected chi connectivity index (χ1v) is 12.6. The van der Waals surface area contributed by atoms with Crippen molar-refractivity contribution in [1.29, 1.82) is 0 Å². The van der Waals surface area contributed by atoms with Crippen molar-refractivity contribution in [2.45, 2.75) is 69.5 Å². The fraction of sp³-hybridized carbons (Fsp3) is 0.636. The predicted octanol–water partition coefficient (Wildman–Crippen LogP) is -7.22. The van der Waals surface area contributed by atoms with Crippen molar-refractivity contribution < 1.29 is 48.9 Å². The molecular weight excluding hydrogens is 564 g/mol. The molecule has 0 saturated heterocycles. The predicted molar refractivity (Wildman–Crippen MR) is 145 cm³/mol. The third-order valence-electron chi connectivity index (χ3n) is 5.37. The van der Waals surface area contributed by atoms with Crippen molar-refractivity contribution >= 4 is 47.4 Å². The fourth-order valence-electron chi connectivity index (χ4n) is 3.09. The summed E-state index contributed by atoms with van der Waals surface area (Å²) in [6.07, 6.45) is -3.16. The molecule has 16 N–H and O–H groups in total. The van der Waals surface area contributed by atoms with E-state index < -0.39 is 97.3 Å². The molecule has 0 bridgehead atoms. The van der Waals surface area contributed by atoms with Crippen molar-refractivity contribution in [3.8, 4) is 0 Å². The zero-order valence-electron chi connectivity index (χ0n) is 23.2. The zero-order chi connectivity index (χ0) is 32.6. The first kappa shape index (κ1) is 37.4. The number of primary amides is 1. The minimum Gasteiger partial charge on any atom is -0.480 e. The largest absolute Gasteiger partial charge is 0.480 e. The zero-order valence-corrected chi connectivity index (χ0v) is 23.2. The van der Waals surface area contributed by atoms with Crippen LogP contribution in [-0.2, 0) is 33.6 Å². The molecule has 0 aliphatic carbocycles. The van der Waals surface area contributed by atoms with Gasteiger partial charge in [-0.05, 0) is 26.7 Å². The van der Waals surface area contributed by atoms with Gasteiger partial charge in [-0.2, -0.15) is 0 Å². The van der Waals surface area contributed by atoms with Gasteiger partial charge in [-0.25, -0.2) is 4.79 Å². The Balaban J connectivity index is 5.09. The van der Waals surface area contributed by atoms with E-state index in [2.05, 4.69) is 26.3 Å². The number of carbonyl (C=O) groups excluding carboxylic acids is 6. The Morgan fingerprint density at radius 2 is 1.36 bits per heavy atom. The molecule has 0 aliphatic rings. The van der Waals surface area contributed by atoms with Gasteiger partial charge < -0.3 is 64.8 Å². The third-order valence-corrected chi connectivity index (χ3v) is 5.37. The van der Waals surface area contributed by atoms with Gasteiger partial charge in [0.1, 0.15) is 18.1 Å². The molecule has 0 spiro atoms. The van der Waals surface area contributed by atoms with Gasteiger partial charge in [0.2, 0.25) is 35.4 Å². The summed E-state index contributed by atoms with van der Waals surface area (Å²) in [4.78, 5) is 87.9. The van der Waals surface area contributed by atoms with Gasteiger partial charge in [0.05, 0.1) is 31.7 Å². The highest BCUT2D eigenvalue weighted by molar-refractivity contribution is 5.95. The van der Waals surface area contributed by atoms with Crippen molar-refractivity contribution in [2.24, 2.45) is 27.9 Å². The second kappa shape index (κ2) is 18.7. The van der Waals surface area contributed by atoms with E-state index in [0.717, 1.165) is 6.92 Å². The van der Waals surface area contributed by atoms with Gasteiger partial charge in [-0.1, -0.05) is 0 Å². The van der Waals surface area contributed by atoms with Gasteiger partial charge in [-0.3, -0.25) is 33.8 Å². The van der Waals surface area contributed by atoms with Gasteiger partial charge in [-0.15, -0.1) is 0 Å². The highest BCUT2D eigenvalue weighted by Crippen LogP contribution is 2.01. The molecule has 0 radical (unpaired) electrons. The Hall–Kier alpha value is -4.56. The summed E-state index contributed by atoms with van der Waals surface area (Å²) in [5.41, 5.74) is 21.2. The number of hydrogen-bond acceptors (Lipinski definition) is 11. The molecule has 0 aromatic carbocycles. The van der Waals surface area contributed by atoms with Gasteiger partial charge in [0.15, 0.2) is 12.0 Å². The number of rotatable bonds is 19. The van der Waals surface area contributed by atoms with Crippen LogP contribution in [0.5, 0.6) is 0 Å². The molecule has 0 rings (SSSR count). The van der Waals surface area contributed by atoms with Crippen LogP contribution in [0.3, 0.4) is 0 Å². The third kappa shape index (κ3) is 15.3. The van der Waals surface area contributed by atoms with Crippen LogP contribution < -0.4 is 49.5 Å². The van der Waals surface area contributed by atoms with Crippen molar-refractivity contribution in [3.63, 3.8) is 0 Å². The van der Waals surface area contributed by atoms with Crippen LogP contribution in [0.25, 0.3) is 0 Å². The summed E-state index contributed by atoms with van der Waals surface area (Å²) >= 11 is 0. The number of nitrogens with two attached hydrogens (primary N) is 4. The van der Waals surface area contributed by atoms with Crippen molar-refractivity contribution in [1.82, 2.24) is 26.6 Å². The lowest BCUT2D eigenvalue weighted by Crippen LogP contribution is -2.56. The molecule has 0 aliphatic heterocycles. The summed E-state index contributed by atoms with van der Waals surface area (Å²) < 4.78 is 0. The normalized spacial score (nSPS) is 14.9. The molecule has 20 heteroatoms. The van der Waals surface area contributed by atoms with E-state index in [1.165, 1.54) is 6.92 Å². The number of aliphatic imine (C=N–C) groups is 1. The van der Waals surface area contributed by atoms with Crippen LogP contribution in [0.4, 0.5) is 0 Å². The van der Waals surface area contributed by atoms with Gasteiger partial charge in [0.25, 0.3) is 0 Å². The van der Waals surface area contributed by atoms with Crippen molar-refractivity contribution in [2.75, 3.05) is 19.6 Å². The lowest BCUT2D eigenvalue weighted by molar-refractivity contribution is -0.145. The van der Waals surface area contributed by atoms with Gasteiger partial charge in [0, 0.05) is 6.54 Å². The van der Waals surface area contributed by atoms with Crippen LogP contribution in [0.1, 0.15) is 33.1 Å². The topological polar surface area (TPSA) is 357 Å². The standard InChI is InChI=1S/C22H40N10O10/c1-9(33)16(24)20(40)31-11(4-3-5-27-22(25)26)18(38)29-7-14(36)28-8-15(37)30-12(6-13(23)35)19(39)32-17(10(2)34)21(41)42/h9-12,16-17,33-34H,3-8,24H2,1-2H3,(H2,23,35)(H,28,36)(H,29,38)(H,30,37)(H,31,40)(H,32,39)(H,41,42)(H4,25,26,27)/t9-,10-,11+,12+,16+,17+/m1/s1. The molecular formula is C22H40N10O10. The highest BCUT2D eigenvalue weighted by Gasteiger charge is 2.30. The number of hydrogen-bond donors (Lipinski definition) is 12. The Morgan fingerprint density at radius 1 is 0.762 bits per heavy atom. The van der Waals surface area contributed by atoms with Crippen LogP contribution in [0.2, 0.25) is 0 Å². The summed E-state index contributed by atoms with van der Waals surface area (Å²) in [6, 6.07) is -5.88. The quantitative estimate of drug-likeness (QED) is 0.0371. The number of guanidine groups is 1. The van der Waals surface area contributed by atoms with Crippen LogP contribution in [0, 0.1) is 0 Å². The molecule has 6 atom stereocenters. The van der Waals surface area contributed by atoms with Crippen molar-refractivity contribution in [3.05, 3.63) is 0 Å². The Kier molecular flexibility index (Phi) is 16.7. The molecule has 0 unspecified atom stereocenters. The number of amides is 6. The molecule has 6 amide bonds. The number of nitrogens with one attached hydrogen (secondary N) is 5. The Bertz CT molecular complexity index is 1020. The summed E-state index contributed by atoms with van der Waals surface area (Å²) in [6.45, 7) is 1.14. The molecule has 238 valence electrons. The van der Waals surface area contributed by atoms with Crippen LogP contribution >= 0.6 is 0 Å². The second-order valence-electron chi connectivity index (χ2n) is 9.13. The minimum atomic E-state index is -1.74. The minimum absolute atomic E-state index is 0.0337. The maximum atomic E-state index is 12.6. The summed E-state index contributed by atoms with van der Waals surface area (Å²) in [5, 5.41) is 39.0. The molecule has 0 heterocycles. The average Bonchev–Trinajstić information content (AvgIpc) is 2.88. The SMILES string of the molecule is C[C@@H](O)[C@H](N)C(=O)N[C@@H](CCCN=C(N)N)C(=O)NCC(=O)NCC(=O)N[C@@H](CC(N)=O)C(=O)N[C@H](C(=O)O)[C@@H](C)O. The monoisotopic (exact) mass is 604 g/mol. The molecule has 0 aromatic rings. The fourth-order valence-corrected chi connectivity index (χ4v) is 3.09. The number of aliphatic hydroxyl groups is 2. The smallest absolute Gasteiger partial charge is 0.328 e. The summed E-state index contributed by atoms with van der Waals surface area (Å²) in [5.74, 6) is -7.35. The molecule has 0 saturated carbocycles. The first-order chi connectivity index (χ1) is 19.5. The van der Waals surface area contributed by atoms with E-state index in [4.69, 9.17) is 28.0 Å². The van der Waals surface area contributed by atoms with E-state index in [0.29, 0.717) is 0 Å². The Morgan fingerprint density at radius 3 is 1.86 bits per heavy atom. The average molecular weight is 605 g/mol. The molecule has 0 fully saturated rings. The molecule has 20 nitrogen and oxygen atoms in total. The van der Waals surface area contributed by atoms with E-state index >= 15 is 0 Å². The maximum Gasteiger partial charge on any atom is 0.328 e. The van der Waals surface area contributed by atoms with E-state index in [-0.39, 0.29) is 25.3 Å². The van der Waals surface area contributed by atoms with Crippen LogP contribution in [-0.4, -0.2) is 119 Å². The molecule has 42 heavy (non-hydrogen) atoms. The highest BCUT2D eigenvalue weighted by atomic mass is 16.4. The van der Waals surface area contributed by atoms with Crippen LogP contribution in [0.15, 0.2) is 4.99 Å². The maximum absolute atomic E-state index is 12.6. The number of aliphatic carboxylic acids is 1. The van der Waals surface area contributed by atoms with E-state index in [1.807, 2.05) is 5.32 Å². The second-order valence-corrected chi connectivity index (χ2v) is 9.13. The lowest BCUT2D eigenvalue weighted by atomic mass is 10.1. The first-order valence-electron chi connectivity index (χ1n) is 12.6. The van der Waals surface area contributed by atoms with E-state index in [1.54, 1.807) is 0 Å². The van der Waals surface area contributed by atoms with E-state index in [9.17, 15) is 43.8 Å². The summed E-state index contributed by atoms with van der Waals surface area (Å²) in [7, 11) is 0.